The molecule has 2 heterocycles. The molecule has 0 saturated carbocycles. The van der Waals surface area contributed by atoms with Crippen LogP contribution >= 0.6 is 0 Å². The highest BCUT2D eigenvalue weighted by atomic mass is 16.5. The van der Waals surface area contributed by atoms with Gasteiger partial charge in [-0.15, -0.1) is 0 Å². The van der Waals surface area contributed by atoms with E-state index in [2.05, 4.69) is 189 Å². The summed E-state index contributed by atoms with van der Waals surface area (Å²) in [5, 5.41) is 2.22. The normalized spacial score (nSPS) is 14.4. The Morgan fingerprint density at radius 1 is 0.400 bits per heavy atom. The summed E-state index contributed by atoms with van der Waals surface area (Å²) < 4.78 is 13.0. The Hall–Kier alpha value is -6.84. The third kappa shape index (κ3) is 4.56. The summed E-state index contributed by atoms with van der Waals surface area (Å²) >= 11 is 0. The average Bonchev–Trinajstić information content (AvgIpc) is 3.75. The van der Waals surface area contributed by atoms with E-state index < -0.39 is 5.41 Å². The molecule has 55 heavy (non-hydrogen) atoms. The number of ether oxygens (including phenoxy) is 1. The van der Waals surface area contributed by atoms with Crippen LogP contribution < -0.4 is 9.64 Å². The first-order valence-electron chi connectivity index (χ1n) is 19.0. The number of nitrogens with zero attached hydrogens (tertiary/aromatic N) is 1. The molecule has 0 N–H and O–H groups in total. The molecule has 0 atom stereocenters. The van der Waals surface area contributed by atoms with Crippen LogP contribution in [0.5, 0.6) is 11.5 Å². The van der Waals surface area contributed by atoms with Gasteiger partial charge in [-0.25, -0.2) is 0 Å². The Morgan fingerprint density at radius 2 is 0.982 bits per heavy atom. The van der Waals surface area contributed by atoms with Crippen LogP contribution in [0.2, 0.25) is 0 Å². The van der Waals surface area contributed by atoms with Crippen molar-refractivity contribution in [3.63, 3.8) is 0 Å². The quantitative estimate of drug-likeness (QED) is 0.178. The number of fused-ring (bicyclic) bond motifs is 8. The predicted molar refractivity (Wildman–Crippen MR) is 224 cm³/mol. The van der Waals surface area contributed by atoms with Gasteiger partial charge in [0.1, 0.15) is 22.7 Å². The minimum atomic E-state index is -0.520. The van der Waals surface area contributed by atoms with Gasteiger partial charge in [-0.1, -0.05) is 141 Å². The second kappa shape index (κ2) is 11.8. The summed E-state index contributed by atoms with van der Waals surface area (Å²) in [4.78, 5) is 2.37. The fourth-order valence-corrected chi connectivity index (χ4v) is 9.46. The van der Waals surface area contributed by atoms with Gasteiger partial charge >= 0.3 is 0 Å². The predicted octanol–water partition coefficient (Wildman–Crippen LogP) is 13.9. The number of rotatable bonds is 5. The zero-order chi connectivity index (χ0) is 36.7. The lowest BCUT2D eigenvalue weighted by molar-refractivity contribution is 0.418. The lowest BCUT2D eigenvalue weighted by atomic mass is 9.67. The van der Waals surface area contributed by atoms with E-state index in [9.17, 15) is 0 Å². The fraction of sp³-hybridized carbons (Fsp3) is 0.0769. The number of benzene rings is 8. The molecule has 3 heteroatoms. The van der Waals surface area contributed by atoms with Crippen LogP contribution in [0, 0.1) is 0 Å². The highest BCUT2D eigenvalue weighted by Gasteiger charge is 2.46. The average molecular weight is 708 g/mol. The van der Waals surface area contributed by atoms with Crippen molar-refractivity contribution in [3.8, 4) is 22.6 Å². The first-order valence-corrected chi connectivity index (χ1v) is 19.0. The Labute approximate surface area is 320 Å². The lowest BCUT2D eigenvalue weighted by Gasteiger charge is -2.36. The summed E-state index contributed by atoms with van der Waals surface area (Å²) in [6.07, 6.45) is 0. The molecule has 0 saturated heterocycles. The first kappa shape index (κ1) is 31.7. The molecule has 1 aromatic heterocycles. The third-order valence-electron chi connectivity index (χ3n) is 12.0. The van der Waals surface area contributed by atoms with Gasteiger partial charge in [-0.05, 0) is 88.0 Å². The topological polar surface area (TPSA) is 25.6 Å². The number of furan rings is 1. The van der Waals surface area contributed by atoms with Crippen LogP contribution in [0.4, 0.5) is 17.1 Å². The maximum absolute atomic E-state index is 6.53. The van der Waals surface area contributed by atoms with Gasteiger partial charge in [-0.2, -0.15) is 0 Å². The highest BCUT2D eigenvalue weighted by molar-refractivity contribution is 6.06. The molecule has 2 aliphatic rings. The molecule has 0 spiro atoms. The van der Waals surface area contributed by atoms with E-state index in [0.29, 0.717) is 0 Å². The molecule has 1 aliphatic heterocycles. The summed E-state index contributed by atoms with van der Waals surface area (Å²) in [5.41, 5.74) is 14.0. The van der Waals surface area contributed by atoms with Crippen molar-refractivity contribution in [1.82, 2.24) is 0 Å². The Balaban J connectivity index is 1.16. The molecule has 1 aliphatic carbocycles. The second-order valence-corrected chi connectivity index (χ2v) is 15.3. The number of hydrogen-bond acceptors (Lipinski definition) is 3. The molecular formula is C52H37NO2. The van der Waals surface area contributed by atoms with E-state index in [1.165, 1.54) is 38.9 Å². The standard InChI is InChI=1S/C52H37NO2/c1-51(2)45-24-11-13-26-48(45)55-49-30-28-37(32-46(49)51)53(38-27-29-42-41-21-8-12-25-47(41)54-50(42)33-38)36-18-14-17-35(31-36)52(34-15-4-3-5-16-34)43-22-9-6-19-39(43)40-20-7-10-23-44(40)52/h3-33H,1-2H3. The van der Waals surface area contributed by atoms with Crippen LogP contribution in [-0.2, 0) is 10.8 Å². The summed E-state index contributed by atoms with van der Waals surface area (Å²) in [7, 11) is 0. The highest BCUT2D eigenvalue weighted by Crippen LogP contribution is 2.57. The zero-order valence-corrected chi connectivity index (χ0v) is 30.7. The van der Waals surface area contributed by atoms with Crippen molar-refractivity contribution >= 4 is 39.0 Å². The molecule has 262 valence electrons. The molecule has 0 amide bonds. The lowest BCUT2D eigenvalue weighted by Crippen LogP contribution is -2.29. The van der Waals surface area contributed by atoms with Crippen LogP contribution in [-0.4, -0.2) is 0 Å². The molecule has 0 unspecified atom stereocenters. The molecule has 0 radical (unpaired) electrons. The van der Waals surface area contributed by atoms with Crippen LogP contribution in [0.3, 0.4) is 0 Å². The SMILES string of the molecule is CC1(C)c2ccccc2Oc2ccc(N(c3cccc(C4(c5ccccc5)c5ccccc5-c5ccccc54)c3)c3ccc4c(c3)oc3ccccc34)cc21. The molecule has 0 fully saturated rings. The van der Waals surface area contributed by atoms with E-state index in [1.807, 2.05) is 18.2 Å². The first-order chi connectivity index (χ1) is 27.0. The van der Waals surface area contributed by atoms with Gasteiger partial charge in [0, 0.05) is 50.4 Å². The van der Waals surface area contributed by atoms with Crippen molar-refractivity contribution in [2.45, 2.75) is 24.7 Å². The van der Waals surface area contributed by atoms with Crippen molar-refractivity contribution in [2.75, 3.05) is 4.90 Å². The second-order valence-electron chi connectivity index (χ2n) is 15.3. The molecule has 8 aromatic carbocycles. The number of para-hydroxylation sites is 2. The van der Waals surface area contributed by atoms with Crippen molar-refractivity contribution in [1.29, 1.82) is 0 Å². The van der Waals surface area contributed by atoms with Gasteiger partial charge in [-0.3, -0.25) is 0 Å². The third-order valence-corrected chi connectivity index (χ3v) is 12.0. The van der Waals surface area contributed by atoms with E-state index >= 15 is 0 Å². The number of hydrogen-bond donors (Lipinski definition) is 0. The largest absolute Gasteiger partial charge is 0.457 e. The van der Waals surface area contributed by atoms with E-state index in [1.54, 1.807) is 0 Å². The van der Waals surface area contributed by atoms with Crippen LogP contribution in [0.25, 0.3) is 33.1 Å². The van der Waals surface area contributed by atoms with Crippen molar-refractivity contribution in [3.05, 3.63) is 221 Å². The van der Waals surface area contributed by atoms with Crippen LogP contribution in [0.15, 0.2) is 192 Å². The molecule has 0 bridgehead atoms. The summed E-state index contributed by atoms with van der Waals surface area (Å²) in [6.45, 7) is 4.59. The molecule has 11 rings (SSSR count). The monoisotopic (exact) mass is 707 g/mol. The molecule has 9 aromatic rings. The van der Waals surface area contributed by atoms with E-state index in [-0.39, 0.29) is 5.41 Å². The van der Waals surface area contributed by atoms with Crippen molar-refractivity contribution < 1.29 is 9.15 Å². The van der Waals surface area contributed by atoms with E-state index in [0.717, 1.165) is 56.1 Å². The minimum absolute atomic E-state index is 0.273. The minimum Gasteiger partial charge on any atom is -0.457 e. The maximum Gasteiger partial charge on any atom is 0.137 e. The van der Waals surface area contributed by atoms with Gasteiger partial charge in [0.15, 0.2) is 0 Å². The fourth-order valence-electron chi connectivity index (χ4n) is 9.46. The molecular weight excluding hydrogens is 671 g/mol. The Kier molecular flexibility index (Phi) is 6.81. The molecule has 3 nitrogen and oxygen atoms in total. The summed E-state index contributed by atoms with van der Waals surface area (Å²) in [5.74, 6) is 1.80. The number of anilines is 3. The van der Waals surface area contributed by atoms with Gasteiger partial charge in [0.25, 0.3) is 0 Å². The van der Waals surface area contributed by atoms with Crippen molar-refractivity contribution in [2.24, 2.45) is 0 Å². The van der Waals surface area contributed by atoms with Gasteiger partial charge in [0.05, 0.1) is 5.41 Å². The summed E-state index contributed by atoms with van der Waals surface area (Å²) in [6, 6.07) is 67.9. The zero-order valence-electron chi connectivity index (χ0n) is 30.7. The Bertz CT molecular complexity index is 2910. The maximum atomic E-state index is 6.53. The smallest absolute Gasteiger partial charge is 0.137 e. The Morgan fingerprint density at radius 3 is 1.78 bits per heavy atom. The van der Waals surface area contributed by atoms with E-state index in [4.69, 9.17) is 9.15 Å². The van der Waals surface area contributed by atoms with Crippen LogP contribution in [0.1, 0.15) is 47.2 Å². The van der Waals surface area contributed by atoms with Gasteiger partial charge in [0.2, 0.25) is 0 Å². The van der Waals surface area contributed by atoms with Gasteiger partial charge < -0.3 is 14.1 Å².